The van der Waals surface area contributed by atoms with Gasteiger partial charge in [0.15, 0.2) is 20.0 Å². The summed E-state index contributed by atoms with van der Waals surface area (Å²) in [5.41, 5.74) is 2.18. The fraction of sp³-hybridized carbons (Fsp3) is 0.429. The highest BCUT2D eigenvalue weighted by molar-refractivity contribution is 7.89. The van der Waals surface area contributed by atoms with Gasteiger partial charge in [-0.1, -0.05) is 35.4 Å². The predicted molar refractivity (Wildman–Crippen MR) is 118 cm³/mol. The van der Waals surface area contributed by atoms with Gasteiger partial charge in [0.05, 0.1) is 23.0 Å². The van der Waals surface area contributed by atoms with Crippen LogP contribution in [0.4, 0.5) is 0 Å². The van der Waals surface area contributed by atoms with Crippen molar-refractivity contribution < 1.29 is 16.8 Å². The molecule has 0 bridgehead atoms. The molecule has 0 N–H and O–H groups in total. The average Bonchev–Trinajstić information content (AvgIpc) is 2.73. The molecule has 2 aromatic rings. The van der Waals surface area contributed by atoms with Gasteiger partial charge in [0.1, 0.15) is 0 Å². The Kier molecular flexibility index (Phi) is 8.82. The molecule has 29 heavy (non-hydrogen) atoms. The Bertz CT molecular complexity index is 932. The Balaban J connectivity index is 1.78. The van der Waals surface area contributed by atoms with Crippen molar-refractivity contribution in [3.05, 3.63) is 59.7 Å². The molecule has 0 saturated heterocycles. The molecular weight excluding hydrogens is 408 g/mol. The summed E-state index contributed by atoms with van der Waals surface area (Å²) in [6, 6.07) is 14.7. The molecule has 0 aromatic heterocycles. The number of rotatable bonds is 10. The Morgan fingerprint density at radius 3 is 1.31 bits per heavy atom. The summed E-state index contributed by atoms with van der Waals surface area (Å²) in [6.45, 7) is 4.60. The van der Waals surface area contributed by atoms with E-state index in [1.54, 1.807) is 24.3 Å². The molecule has 0 aliphatic carbocycles. The number of hydrogen-bond donors (Lipinski definition) is 0. The largest absolute Gasteiger partial charge is 0.281 e. The standard InChI is InChI=1S/C21H30N2O4S2/c1-18-8-12-20(13-9-18)28(24,22-3)26-16-6-5-7-17-27-29(25,23-4)21-14-10-19(2)11-15-21/h8-15H,5-7,16-17H2,1-4H3/t28-,29-/m0/s1. The highest BCUT2D eigenvalue weighted by Crippen LogP contribution is 2.18. The highest BCUT2D eigenvalue weighted by atomic mass is 32.2. The molecule has 0 aliphatic heterocycles. The average molecular weight is 439 g/mol. The zero-order valence-corrected chi connectivity index (χ0v) is 19.1. The van der Waals surface area contributed by atoms with Gasteiger partial charge in [-0.15, -0.1) is 0 Å². The second-order valence-corrected chi connectivity index (χ2v) is 10.7. The van der Waals surface area contributed by atoms with Crippen molar-refractivity contribution in [3.8, 4) is 0 Å². The van der Waals surface area contributed by atoms with E-state index in [1.807, 2.05) is 38.1 Å². The summed E-state index contributed by atoms with van der Waals surface area (Å²) >= 11 is 0. The van der Waals surface area contributed by atoms with Gasteiger partial charge in [-0.25, -0.2) is 17.1 Å². The smallest absolute Gasteiger partial charge is 0.193 e. The summed E-state index contributed by atoms with van der Waals surface area (Å²) in [5, 5.41) is 0. The maximum absolute atomic E-state index is 12.8. The van der Waals surface area contributed by atoms with E-state index in [4.69, 9.17) is 8.37 Å². The van der Waals surface area contributed by atoms with Crippen molar-refractivity contribution in [3.63, 3.8) is 0 Å². The van der Waals surface area contributed by atoms with Crippen LogP contribution in [0.25, 0.3) is 0 Å². The van der Waals surface area contributed by atoms with Crippen LogP contribution >= 0.6 is 0 Å². The monoisotopic (exact) mass is 438 g/mol. The summed E-state index contributed by atoms with van der Waals surface area (Å²) in [6.07, 6.45) is 2.20. The first-order valence-corrected chi connectivity index (χ1v) is 12.4. The lowest BCUT2D eigenvalue weighted by Crippen LogP contribution is -2.09. The first-order valence-electron chi connectivity index (χ1n) is 9.55. The third-order valence-electron chi connectivity index (χ3n) is 4.39. The fourth-order valence-corrected chi connectivity index (χ4v) is 5.15. The van der Waals surface area contributed by atoms with Gasteiger partial charge in [0, 0.05) is 14.1 Å². The number of aryl methyl sites for hydroxylation is 2. The van der Waals surface area contributed by atoms with Crippen LogP contribution in [0.2, 0.25) is 0 Å². The molecule has 0 spiro atoms. The van der Waals surface area contributed by atoms with Gasteiger partial charge in [-0.3, -0.25) is 8.37 Å². The Morgan fingerprint density at radius 1 is 0.655 bits per heavy atom. The molecule has 8 heteroatoms. The molecule has 0 amide bonds. The summed E-state index contributed by atoms with van der Waals surface area (Å²) in [4.78, 5) is 1.16. The molecule has 0 saturated carbocycles. The predicted octanol–water partition coefficient (Wildman–Crippen LogP) is 4.95. The molecule has 0 heterocycles. The van der Waals surface area contributed by atoms with Gasteiger partial charge < -0.3 is 0 Å². The van der Waals surface area contributed by atoms with Gasteiger partial charge in [0.2, 0.25) is 0 Å². The molecule has 160 valence electrons. The quantitative estimate of drug-likeness (QED) is 0.492. The van der Waals surface area contributed by atoms with Crippen LogP contribution in [0, 0.1) is 13.8 Å². The number of hydrogen-bond acceptors (Lipinski definition) is 6. The van der Waals surface area contributed by atoms with Crippen LogP contribution in [0.1, 0.15) is 30.4 Å². The molecule has 0 fully saturated rings. The van der Waals surface area contributed by atoms with E-state index in [2.05, 4.69) is 8.73 Å². The lowest BCUT2D eigenvalue weighted by atomic mass is 10.2. The van der Waals surface area contributed by atoms with E-state index < -0.39 is 20.0 Å². The maximum Gasteiger partial charge on any atom is 0.193 e. The van der Waals surface area contributed by atoms with Crippen LogP contribution in [-0.4, -0.2) is 35.7 Å². The van der Waals surface area contributed by atoms with Crippen LogP contribution in [-0.2, 0) is 28.4 Å². The SMILES string of the molecule is CN=[S@@](=O)(OCCCCCO[S@](=O)(=NC)c1ccc(C)cc1)c1ccc(C)cc1. The van der Waals surface area contributed by atoms with Crippen molar-refractivity contribution in [2.24, 2.45) is 8.73 Å². The van der Waals surface area contributed by atoms with E-state index in [-0.39, 0.29) is 0 Å². The lowest BCUT2D eigenvalue weighted by molar-refractivity contribution is 0.300. The first-order chi connectivity index (χ1) is 13.8. The number of unbranched alkanes of at least 4 members (excludes halogenated alkanes) is 2. The highest BCUT2D eigenvalue weighted by Gasteiger charge is 2.13. The minimum atomic E-state index is -2.85. The molecule has 2 rings (SSSR count). The van der Waals surface area contributed by atoms with Crippen molar-refractivity contribution in [2.75, 3.05) is 27.3 Å². The lowest BCUT2D eigenvalue weighted by Gasteiger charge is -2.12. The minimum Gasteiger partial charge on any atom is -0.281 e. The molecule has 2 atom stereocenters. The van der Waals surface area contributed by atoms with Gasteiger partial charge in [0.25, 0.3) is 0 Å². The molecular formula is C21H30N2O4S2. The zero-order chi connectivity index (χ0) is 21.3. The van der Waals surface area contributed by atoms with Gasteiger partial charge in [-0.2, -0.15) is 0 Å². The molecule has 0 radical (unpaired) electrons. The summed E-state index contributed by atoms with van der Waals surface area (Å²) in [7, 11) is -2.69. The van der Waals surface area contributed by atoms with Crippen LogP contribution in [0.5, 0.6) is 0 Å². The van der Waals surface area contributed by atoms with E-state index >= 15 is 0 Å². The van der Waals surface area contributed by atoms with E-state index in [9.17, 15) is 8.42 Å². The van der Waals surface area contributed by atoms with Crippen LogP contribution < -0.4 is 0 Å². The second-order valence-electron chi connectivity index (χ2n) is 6.65. The Labute approximate surface area is 175 Å². The Morgan fingerprint density at radius 2 is 1.00 bits per heavy atom. The first kappa shape index (κ1) is 23.5. The maximum atomic E-state index is 12.8. The number of benzene rings is 2. The summed E-state index contributed by atoms with van der Waals surface area (Å²) < 4.78 is 44.8. The molecule has 2 aromatic carbocycles. The molecule has 0 aliphatic rings. The van der Waals surface area contributed by atoms with Crippen molar-refractivity contribution >= 4 is 20.0 Å². The third-order valence-corrected chi connectivity index (χ3v) is 8.06. The van der Waals surface area contributed by atoms with E-state index in [1.165, 1.54) is 14.1 Å². The van der Waals surface area contributed by atoms with Crippen LogP contribution in [0.15, 0.2) is 67.0 Å². The minimum absolute atomic E-state index is 0.329. The van der Waals surface area contributed by atoms with E-state index in [0.29, 0.717) is 35.8 Å². The second kappa shape index (κ2) is 10.9. The van der Waals surface area contributed by atoms with Crippen molar-refractivity contribution in [1.82, 2.24) is 0 Å². The third kappa shape index (κ3) is 6.64. The fourth-order valence-electron chi connectivity index (χ4n) is 2.60. The van der Waals surface area contributed by atoms with E-state index in [0.717, 1.165) is 17.5 Å². The van der Waals surface area contributed by atoms with Gasteiger partial charge in [-0.05, 0) is 57.4 Å². The summed E-state index contributed by atoms with van der Waals surface area (Å²) in [5.74, 6) is 0. The topological polar surface area (TPSA) is 77.3 Å². The van der Waals surface area contributed by atoms with Crippen molar-refractivity contribution in [1.29, 1.82) is 0 Å². The molecule has 6 nitrogen and oxygen atoms in total. The number of nitrogens with zero attached hydrogens (tertiary/aromatic N) is 2. The normalized spacial score (nSPS) is 15.3. The molecule has 0 unspecified atom stereocenters. The van der Waals surface area contributed by atoms with Gasteiger partial charge >= 0.3 is 0 Å². The zero-order valence-electron chi connectivity index (χ0n) is 17.5. The Hall–Kier alpha value is -1.74. The van der Waals surface area contributed by atoms with Crippen molar-refractivity contribution in [2.45, 2.75) is 42.9 Å². The van der Waals surface area contributed by atoms with Crippen LogP contribution in [0.3, 0.4) is 0 Å².